The highest BCUT2D eigenvalue weighted by atomic mass is 28.2. The lowest BCUT2D eigenvalue weighted by Gasteiger charge is -2.05. The van der Waals surface area contributed by atoms with Crippen LogP contribution in [-0.4, -0.2) is 28.5 Å². The van der Waals surface area contributed by atoms with Gasteiger partial charge in [0.2, 0.25) is 6.08 Å². The second-order valence-electron chi connectivity index (χ2n) is 2.95. The highest BCUT2D eigenvalue weighted by molar-refractivity contribution is 6.27. The molecular weight excluding hydrogens is 170 g/mol. The zero-order chi connectivity index (χ0) is 9.23. The average molecular weight is 187 g/mol. The van der Waals surface area contributed by atoms with Gasteiger partial charge in [-0.2, -0.15) is 0 Å². The van der Waals surface area contributed by atoms with E-state index in [0.717, 1.165) is 12.8 Å². The maximum Gasteiger partial charge on any atom is 0.234 e. The van der Waals surface area contributed by atoms with Crippen LogP contribution in [0.3, 0.4) is 0 Å². The summed E-state index contributed by atoms with van der Waals surface area (Å²) >= 11 is 0. The summed E-state index contributed by atoms with van der Waals surface area (Å²) in [5.41, 5.74) is 0. The number of aliphatic imine (C=N–C) groups is 1. The fraction of sp³-hybridized carbons (Fsp3) is 0.875. The van der Waals surface area contributed by atoms with Crippen molar-refractivity contribution in [1.82, 2.24) is 0 Å². The molecule has 0 amide bonds. The lowest BCUT2D eigenvalue weighted by atomic mass is 10.3. The molecule has 0 saturated heterocycles. The summed E-state index contributed by atoms with van der Waals surface area (Å²) in [6.45, 7) is 4.74. The summed E-state index contributed by atoms with van der Waals surface area (Å²) in [4.78, 5) is 13.1. The predicted octanol–water partition coefficient (Wildman–Crippen LogP) is 1.03. The molecule has 3 nitrogen and oxygen atoms in total. The van der Waals surface area contributed by atoms with E-state index in [1.165, 1.54) is 12.1 Å². The third kappa shape index (κ3) is 9.56. The van der Waals surface area contributed by atoms with Gasteiger partial charge in [0.05, 0.1) is 6.54 Å². The van der Waals surface area contributed by atoms with Gasteiger partial charge in [0, 0.05) is 6.10 Å². The van der Waals surface area contributed by atoms with Crippen molar-refractivity contribution in [2.75, 3.05) is 6.54 Å². The van der Waals surface area contributed by atoms with E-state index in [0.29, 0.717) is 12.6 Å². The van der Waals surface area contributed by atoms with Gasteiger partial charge in [-0.3, -0.25) is 0 Å². The van der Waals surface area contributed by atoms with Crippen molar-refractivity contribution in [3.8, 4) is 0 Å². The lowest BCUT2D eigenvalue weighted by molar-refractivity contribution is 0.255. The standard InChI is InChI=1S/C8H17NO2Si/c1-8(2)11-12-6-4-3-5-9-7-10/h8H,3-6,12H2,1-2H3. The van der Waals surface area contributed by atoms with E-state index in [4.69, 9.17) is 4.43 Å². The molecule has 0 heterocycles. The van der Waals surface area contributed by atoms with E-state index in [1.807, 2.05) is 0 Å². The first kappa shape index (κ1) is 11.6. The van der Waals surface area contributed by atoms with Gasteiger partial charge in [-0.1, -0.05) is 6.42 Å². The minimum Gasteiger partial charge on any atom is -0.422 e. The Morgan fingerprint density at radius 2 is 2.25 bits per heavy atom. The van der Waals surface area contributed by atoms with Crippen LogP contribution in [0, 0.1) is 0 Å². The Morgan fingerprint density at radius 1 is 1.50 bits per heavy atom. The molecule has 0 rings (SSSR count). The van der Waals surface area contributed by atoms with Crippen molar-refractivity contribution in [1.29, 1.82) is 0 Å². The van der Waals surface area contributed by atoms with Crippen molar-refractivity contribution in [2.45, 2.75) is 38.8 Å². The zero-order valence-corrected chi connectivity index (χ0v) is 9.29. The molecule has 0 fully saturated rings. The molecule has 0 aliphatic carbocycles. The number of isocyanates is 1. The average Bonchev–Trinajstić information content (AvgIpc) is 2.02. The Balaban J connectivity index is 2.95. The fourth-order valence-electron chi connectivity index (χ4n) is 0.834. The minimum absolute atomic E-state index is 0.311. The molecular formula is C8H17NO2Si. The molecule has 4 heteroatoms. The van der Waals surface area contributed by atoms with Gasteiger partial charge in [0.1, 0.15) is 0 Å². The summed E-state index contributed by atoms with van der Waals surface area (Å²) in [7, 11) is -0.311. The van der Waals surface area contributed by atoms with Gasteiger partial charge in [-0.15, -0.1) is 0 Å². The second-order valence-corrected chi connectivity index (χ2v) is 4.40. The maximum atomic E-state index is 9.68. The molecule has 0 aliphatic heterocycles. The van der Waals surface area contributed by atoms with E-state index in [9.17, 15) is 4.79 Å². The van der Waals surface area contributed by atoms with Gasteiger partial charge in [-0.25, -0.2) is 9.79 Å². The molecule has 0 aromatic carbocycles. The van der Waals surface area contributed by atoms with Crippen LogP contribution >= 0.6 is 0 Å². The van der Waals surface area contributed by atoms with E-state index >= 15 is 0 Å². The van der Waals surface area contributed by atoms with Crippen LogP contribution in [0.25, 0.3) is 0 Å². The minimum atomic E-state index is -0.311. The highest BCUT2D eigenvalue weighted by Crippen LogP contribution is 1.97. The fourth-order valence-corrected chi connectivity index (χ4v) is 2.03. The van der Waals surface area contributed by atoms with Crippen LogP contribution < -0.4 is 0 Å². The Hall–Kier alpha value is -0.443. The van der Waals surface area contributed by atoms with Gasteiger partial charge >= 0.3 is 0 Å². The molecule has 0 radical (unpaired) electrons. The Kier molecular flexibility index (Phi) is 8.33. The molecule has 0 bridgehead atoms. The number of hydrogen-bond donors (Lipinski definition) is 0. The van der Waals surface area contributed by atoms with E-state index in [1.54, 1.807) is 0 Å². The SMILES string of the molecule is CC(C)O[SiH2]CCCCN=C=O. The van der Waals surface area contributed by atoms with Crippen LogP contribution in [0.5, 0.6) is 0 Å². The number of carbonyl (C=O) groups excluding carboxylic acids is 1. The first-order valence-corrected chi connectivity index (χ1v) is 6.00. The maximum absolute atomic E-state index is 9.68. The number of nitrogens with zero attached hydrogens (tertiary/aromatic N) is 1. The first-order valence-electron chi connectivity index (χ1n) is 4.42. The van der Waals surface area contributed by atoms with E-state index in [2.05, 4.69) is 18.8 Å². The summed E-state index contributed by atoms with van der Waals surface area (Å²) < 4.78 is 5.48. The van der Waals surface area contributed by atoms with Gasteiger partial charge in [0.15, 0.2) is 9.76 Å². The van der Waals surface area contributed by atoms with Crippen molar-refractivity contribution in [2.24, 2.45) is 4.99 Å². The van der Waals surface area contributed by atoms with Gasteiger partial charge in [0.25, 0.3) is 0 Å². The predicted molar refractivity (Wildman–Crippen MR) is 51.8 cm³/mol. The second kappa shape index (κ2) is 8.65. The molecule has 0 spiro atoms. The zero-order valence-electron chi connectivity index (χ0n) is 7.88. The van der Waals surface area contributed by atoms with Gasteiger partial charge < -0.3 is 4.43 Å². The molecule has 0 aromatic heterocycles. The quantitative estimate of drug-likeness (QED) is 0.258. The summed E-state index contributed by atoms with van der Waals surface area (Å²) in [5, 5.41) is 0. The monoisotopic (exact) mass is 187 g/mol. The third-order valence-electron chi connectivity index (χ3n) is 1.43. The lowest BCUT2D eigenvalue weighted by Crippen LogP contribution is -2.06. The highest BCUT2D eigenvalue weighted by Gasteiger charge is 1.93. The Labute approximate surface area is 76.2 Å². The Morgan fingerprint density at radius 3 is 2.83 bits per heavy atom. The van der Waals surface area contributed by atoms with Crippen molar-refractivity contribution >= 4 is 15.8 Å². The molecule has 0 unspecified atom stereocenters. The topological polar surface area (TPSA) is 38.7 Å². The van der Waals surface area contributed by atoms with Crippen LogP contribution in [0.2, 0.25) is 6.04 Å². The normalized spacial score (nSPS) is 10.9. The van der Waals surface area contributed by atoms with Crippen LogP contribution in [0.15, 0.2) is 4.99 Å². The van der Waals surface area contributed by atoms with E-state index < -0.39 is 0 Å². The third-order valence-corrected chi connectivity index (χ3v) is 3.12. The molecule has 0 N–H and O–H groups in total. The molecule has 70 valence electrons. The summed E-state index contributed by atoms with van der Waals surface area (Å²) in [6, 6.07) is 1.19. The van der Waals surface area contributed by atoms with Crippen molar-refractivity contribution in [3.05, 3.63) is 0 Å². The van der Waals surface area contributed by atoms with Crippen molar-refractivity contribution < 1.29 is 9.22 Å². The Bertz CT molecular complexity index is 144. The molecule has 0 aliphatic rings. The van der Waals surface area contributed by atoms with Crippen LogP contribution in [0.4, 0.5) is 0 Å². The summed E-state index contributed by atoms with van der Waals surface area (Å²) in [6.07, 6.45) is 4.03. The van der Waals surface area contributed by atoms with Gasteiger partial charge in [-0.05, 0) is 26.3 Å². The van der Waals surface area contributed by atoms with Crippen molar-refractivity contribution in [3.63, 3.8) is 0 Å². The van der Waals surface area contributed by atoms with E-state index in [-0.39, 0.29) is 9.76 Å². The number of hydrogen-bond acceptors (Lipinski definition) is 3. The molecule has 0 aromatic rings. The first-order chi connectivity index (χ1) is 5.77. The molecule has 0 atom stereocenters. The molecule has 0 saturated carbocycles. The smallest absolute Gasteiger partial charge is 0.234 e. The molecule has 12 heavy (non-hydrogen) atoms. The van der Waals surface area contributed by atoms with Crippen LogP contribution in [-0.2, 0) is 9.22 Å². The van der Waals surface area contributed by atoms with Crippen LogP contribution in [0.1, 0.15) is 26.7 Å². The number of unbranched alkanes of at least 4 members (excludes halogenated alkanes) is 1. The summed E-state index contributed by atoms with van der Waals surface area (Å²) in [5.74, 6) is 0. The number of rotatable bonds is 7. The largest absolute Gasteiger partial charge is 0.422 e.